The molecule has 0 aromatic heterocycles. The molecule has 2 N–H and O–H groups in total. The lowest BCUT2D eigenvalue weighted by Gasteiger charge is -2.30. The fraction of sp³-hybridized carbons (Fsp3) is 1.00. The predicted molar refractivity (Wildman–Crippen MR) is 53.2 cm³/mol. The van der Waals surface area contributed by atoms with E-state index in [1.165, 1.54) is 32.2 Å². The zero-order valence-electron chi connectivity index (χ0n) is 8.42. The Hall–Kier alpha value is -0.0800. The summed E-state index contributed by atoms with van der Waals surface area (Å²) in [4.78, 5) is 2.45. The molecule has 2 atom stereocenters. The van der Waals surface area contributed by atoms with E-state index in [2.05, 4.69) is 18.9 Å². The van der Waals surface area contributed by atoms with E-state index in [4.69, 9.17) is 5.73 Å². The van der Waals surface area contributed by atoms with E-state index in [9.17, 15) is 0 Å². The Morgan fingerprint density at radius 2 is 2.17 bits per heavy atom. The average molecular weight is 170 g/mol. The Labute approximate surface area is 76.1 Å². The van der Waals surface area contributed by atoms with Crippen LogP contribution in [0.5, 0.6) is 0 Å². The van der Waals surface area contributed by atoms with Gasteiger partial charge < -0.3 is 10.6 Å². The summed E-state index contributed by atoms with van der Waals surface area (Å²) in [5.41, 5.74) is 6.07. The summed E-state index contributed by atoms with van der Waals surface area (Å²) in [7, 11) is 2.21. The average Bonchev–Trinajstić information content (AvgIpc) is 2.28. The molecule has 0 bridgehead atoms. The molecule has 1 aliphatic rings. The van der Waals surface area contributed by atoms with E-state index >= 15 is 0 Å². The van der Waals surface area contributed by atoms with Gasteiger partial charge in [-0.25, -0.2) is 0 Å². The first kappa shape index (κ1) is 10.0. The van der Waals surface area contributed by atoms with Crippen molar-refractivity contribution in [3.63, 3.8) is 0 Å². The zero-order valence-corrected chi connectivity index (χ0v) is 8.42. The molecule has 0 spiro atoms. The number of hydrogen-bond acceptors (Lipinski definition) is 2. The minimum absolute atomic E-state index is 0.382. The molecule has 0 aromatic rings. The van der Waals surface area contributed by atoms with Crippen molar-refractivity contribution in [2.24, 2.45) is 5.73 Å². The molecular weight excluding hydrogens is 148 g/mol. The third-order valence-corrected chi connectivity index (χ3v) is 3.04. The van der Waals surface area contributed by atoms with Gasteiger partial charge in [0.25, 0.3) is 0 Å². The molecule has 1 fully saturated rings. The van der Waals surface area contributed by atoms with Crippen LogP contribution in [0, 0.1) is 0 Å². The third-order valence-electron chi connectivity index (χ3n) is 3.04. The van der Waals surface area contributed by atoms with E-state index in [-0.39, 0.29) is 0 Å². The molecular formula is C10H22N2. The van der Waals surface area contributed by atoms with Gasteiger partial charge in [0.1, 0.15) is 0 Å². The second-order valence-corrected chi connectivity index (χ2v) is 3.97. The van der Waals surface area contributed by atoms with Gasteiger partial charge in [-0.15, -0.1) is 0 Å². The van der Waals surface area contributed by atoms with Crippen molar-refractivity contribution < 1.29 is 0 Å². The summed E-state index contributed by atoms with van der Waals surface area (Å²) in [5.74, 6) is 0. The fourth-order valence-electron chi connectivity index (χ4n) is 2.09. The van der Waals surface area contributed by atoms with Gasteiger partial charge in [-0.3, -0.25) is 0 Å². The van der Waals surface area contributed by atoms with Crippen LogP contribution in [-0.4, -0.2) is 30.6 Å². The molecule has 1 rings (SSSR count). The molecule has 1 heterocycles. The van der Waals surface area contributed by atoms with Crippen LogP contribution in [0.15, 0.2) is 0 Å². The van der Waals surface area contributed by atoms with Gasteiger partial charge in [-0.05, 0) is 32.9 Å². The molecule has 0 aliphatic carbocycles. The maximum absolute atomic E-state index is 6.07. The lowest BCUT2D eigenvalue weighted by molar-refractivity contribution is 0.211. The highest BCUT2D eigenvalue weighted by Crippen LogP contribution is 2.17. The van der Waals surface area contributed by atoms with Crippen molar-refractivity contribution in [1.29, 1.82) is 0 Å². The second-order valence-electron chi connectivity index (χ2n) is 3.97. The zero-order chi connectivity index (χ0) is 8.97. The largest absolute Gasteiger partial charge is 0.326 e. The Kier molecular flexibility index (Phi) is 4.02. The normalized spacial score (nSPS) is 29.8. The smallest absolute Gasteiger partial charge is 0.0244 e. The molecule has 2 heteroatoms. The summed E-state index contributed by atoms with van der Waals surface area (Å²) in [6.07, 6.45) is 6.50. The van der Waals surface area contributed by atoms with Crippen LogP contribution in [0.3, 0.4) is 0 Å². The van der Waals surface area contributed by atoms with Gasteiger partial charge in [-0.1, -0.05) is 19.8 Å². The van der Waals surface area contributed by atoms with Gasteiger partial charge in [0.2, 0.25) is 0 Å². The number of nitrogens with two attached hydrogens (primary N) is 1. The Bertz CT molecular complexity index is 125. The van der Waals surface area contributed by atoms with Gasteiger partial charge in [-0.2, -0.15) is 0 Å². The van der Waals surface area contributed by atoms with E-state index in [0.717, 1.165) is 6.42 Å². The van der Waals surface area contributed by atoms with Crippen molar-refractivity contribution in [1.82, 2.24) is 4.90 Å². The van der Waals surface area contributed by atoms with Gasteiger partial charge in [0, 0.05) is 12.1 Å². The fourth-order valence-corrected chi connectivity index (χ4v) is 2.09. The van der Waals surface area contributed by atoms with E-state index in [0.29, 0.717) is 12.1 Å². The molecule has 0 amide bonds. The standard InChI is InChI=1S/C10H22N2/c1-3-9(11)10-7-5-4-6-8-12(10)2/h9-10H,3-8,11H2,1-2H3. The highest BCUT2D eigenvalue weighted by molar-refractivity contribution is 4.81. The van der Waals surface area contributed by atoms with Crippen LogP contribution in [0.1, 0.15) is 39.0 Å². The number of likely N-dealkylation sites (N-methyl/N-ethyl adjacent to an activating group) is 1. The van der Waals surface area contributed by atoms with Crippen molar-refractivity contribution in [2.45, 2.75) is 51.1 Å². The Morgan fingerprint density at radius 1 is 1.42 bits per heavy atom. The Balaban J connectivity index is 2.46. The van der Waals surface area contributed by atoms with E-state index < -0.39 is 0 Å². The maximum Gasteiger partial charge on any atom is 0.0244 e. The summed E-state index contributed by atoms with van der Waals surface area (Å²) < 4.78 is 0. The third kappa shape index (κ3) is 2.46. The monoisotopic (exact) mass is 170 g/mol. The highest BCUT2D eigenvalue weighted by atomic mass is 15.1. The van der Waals surface area contributed by atoms with Crippen molar-refractivity contribution in [3.8, 4) is 0 Å². The van der Waals surface area contributed by atoms with E-state index in [1.807, 2.05) is 0 Å². The molecule has 0 saturated carbocycles. The molecule has 2 unspecified atom stereocenters. The lowest BCUT2D eigenvalue weighted by atomic mass is 10.0. The van der Waals surface area contributed by atoms with Crippen molar-refractivity contribution >= 4 is 0 Å². The van der Waals surface area contributed by atoms with Crippen LogP contribution >= 0.6 is 0 Å². The maximum atomic E-state index is 6.07. The first-order valence-electron chi connectivity index (χ1n) is 5.21. The van der Waals surface area contributed by atoms with Crippen LogP contribution in [0.25, 0.3) is 0 Å². The molecule has 72 valence electrons. The summed E-state index contributed by atoms with van der Waals surface area (Å²) >= 11 is 0. The SMILES string of the molecule is CCC(N)C1CCCCCN1C. The topological polar surface area (TPSA) is 29.3 Å². The summed E-state index contributed by atoms with van der Waals surface area (Å²) in [5, 5.41) is 0. The van der Waals surface area contributed by atoms with Crippen molar-refractivity contribution in [2.75, 3.05) is 13.6 Å². The van der Waals surface area contributed by atoms with Crippen LogP contribution in [0.2, 0.25) is 0 Å². The molecule has 0 radical (unpaired) electrons. The highest BCUT2D eigenvalue weighted by Gasteiger charge is 2.22. The number of rotatable bonds is 2. The molecule has 0 aromatic carbocycles. The predicted octanol–water partition coefficient (Wildman–Crippen LogP) is 1.60. The number of hydrogen-bond donors (Lipinski definition) is 1. The minimum Gasteiger partial charge on any atom is -0.326 e. The quantitative estimate of drug-likeness (QED) is 0.682. The van der Waals surface area contributed by atoms with Gasteiger partial charge in [0.05, 0.1) is 0 Å². The lowest BCUT2D eigenvalue weighted by Crippen LogP contribution is -2.45. The van der Waals surface area contributed by atoms with Crippen LogP contribution in [0.4, 0.5) is 0 Å². The molecule has 2 nitrogen and oxygen atoms in total. The molecule has 1 aliphatic heterocycles. The second kappa shape index (κ2) is 4.83. The number of likely N-dealkylation sites (tertiary alicyclic amines) is 1. The first-order valence-corrected chi connectivity index (χ1v) is 5.21. The number of nitrogens with zero attached hydrogens (tertiary/aromatic N) is 1. The molecule has 1 saturated heterocycles. The van der Waals surface area contributed by atoms with Crippen LogP contribution in [-0.2, 0) is 0 Å². The first-order chi connectivity index (χ1) is 5.75. The van der Waals surface area contributed by atoms with Gasteiger partial charge in [0.15, 0.2) is 0 Å². The summed E-state index contributed by atoms with van der Waals surface area (Å²) in [6, 6.07) is 1.02. The van der Waals surface area contributed by atoms with Gasteiger partial charge >= 0.3 is 0 Å². The van der Waals surface area contributed by atoms with E-state index in [1.54, 1.807) is 0 Å². The van der Waals surface area contributed by atoms with Crippen LogP contribution < -0.4 is 5.73 Å². The summed E-state index contributed by atoms with van der Waals surface area (Å²) in [6.45, 7) is 3.42. The Morgan fingerprint density at radius 3 is 2.83 bits per heavy atom. The van der Waals surface area contributed by atoms with Crippen molar-refractivity contribution in [3.05, 3.63) is 0 Å². The minimum atomic E-state index is 0.382. The molecule has 12 heavy (non-hydrogen) atoms.